The number of nitrogens with zero attached hydrogens (tertiary/aromatic N) is 1. The lowest BCUT2D eigenvalue weighted by atomic mass is 10.0. The van der Waals surface area contributed by atoms with Crippen molar-refractivity contribution in [2.75, 3.05) is 5.32 Å². The van der Waals surface area contributed by atoms with Gasteiger partial charge in [-0.1, -0.05) is 47.5 Å². The molecule has 0 radical (unpaired) electrons. The average Bonchev–Trinajstić information content (AvgIpc) is 3.03. The highest BCUT2D eigenvalue weighted by atomic mass is 35.5. The fourth-order valence-electron chi connectivity index (χ4n) is 2.85. The molecule has 1 heterocycles. The molecule has 7 heteroatoms. The summed E-state index contributed by atoms with van der Waals surface area (Å²) in [6, 6.07) is 17.2. The summed E-state index contributed by atoms with van der Waals surface area (Å²) >= 11 is 12.0. The zero-order valence-electron chi connectivity index (χ0n) is 13.8. The Balaban J connectivity index is 1.67. The first-order valence-corrected chi connectivity index (χ1v) is 8.78. The second kappa shape index (κ2) is 7.02. The maximum absolute atomic E-state index is 13.9. The molecule has 0 atom stereocenters. The third-order valence-electron chi connectivity index (χ3n) is 4.14. The van der Waals surface area contributed by atoms with Crippen LogP contribution in [-0.4, -0.2) is 16.1 Å². The first kappa shape index (κ1) is 17.5. The van der Waals surface area contributed by atoms with Crippen molar-refractivity contribution in [3.05, 3.63) is 82.1 Å². The van der Waals surface area contributed by atoms with E-state index in [0.29, 0.717) is 16.2 Å². The topological polar surface area (TPSA) is 57.8 Å². The third kappa shape index (κ3) is 3.39. The number of carbonyl (C=O) groups excluding carboxylic acids is 1. The van der Waals surface area contributed by atoms with Gasteiger partial charge in [0.05, 0.1) is 16.1 Å². The summed E-state index contributed by atoms with van der Waals surface area (Å²) in [5.74, 6) is -1.06. The minimum absolute atomic E-state index is 0.0376. The molecular weight excluding hydrogens is 388 g/mol. The number of benzene rings is 3. The molecule has 1 aromatic heterocycles. The summed E-state index contributed by atoms with van der Waals surface area (Å²) in [5.41, 5.74) is 2.42. The van der Waals surface area contributed by atoms with Gasteiger partial charge in [-0.3, -0.25) is 9.89 Å². The number of aromatic amines is 1. The van der Waals surface area contributed by atoms with Crippen LogP contribution in [0.3, 0.4) is 0 Å². The smallest absolute Gasteiger partial charge is 0.261 e. The Hall–Kier alpha value is -2.89. The van der Waals surface area contributed by atoms with Crippen molar-refractivity contribution in [2.45, 2.75) is 0 Å². The summed E-state index contributed by atoms with van der Waals surface area (Å²) < 4.78 is 13.9. The Kier molecular flexibility index (Phi) is 4.56. The molecular formula is C20H12Cl2FN3O. The Morgan fingerprint density at radius 2 is 1.78 bits per heavy atom. The normalized spacial score (nSPS) is 10.9. The number of fused-ring (bicyclic) bond motifs is 1. The Bertz CT molecular complexity index is 1150. The lowest BCUT2D eigenvalue weighted by Gasteiger charge is -2.06. The zero-order chi connectivity index (χ0) is 19.0. The van der Waals surface area contributed by atoms with Crippen LogP contribution in [0.4, 0.5) is 10.2 Å². The second-order valence-corrected chi connectivity index (χ2v) is 6.74. The van der Waals surface area contributed by atoms with Crippen LogP contribution in [0.25, 0.3) is 22.0 Å². The molecule has 0 unspecified atom stereocenters. The van der Waals surface area contributed by atoms with E-state index in [4.69, 9.17) is 23.2 Å². The maximum atomic E-state index is 13.9. The molecule has 0 saturated carbocycles. The van der Waals surface area contributed by atoms with Crippen LogP contribution >= 0.6 is 23.2 Å². The molecule has 27 heavy (non-hydrogen) atoms. The molecule has 0 aliphatic heterocycles. The highest BCUT2D eigenvalue weighted by Gasteiger charge is 2.18. The molecule has 0 aliphatic rings. The Labute approximate surface area is 163 Å². The zero-order valence-corrected chi connectivity index (χ0v) is 15.3. The average molecular weight is 400 g/mol. The first-order valence-electron chi connectivity index (χ1n) is 8.02. The molecule has 4 aromatic rings. The van der Waals surface area contributed by atoms with Crippen molar-refractivity contribution < 1.29 is 9.18 Å². The van der Waals surface area contributed by atoms with Gasteiger partial charge in [-0.15, -0.1) is 0 Å². The molecule has 3 aromatic carbocycles. The Morgan fingerprint density at radius 3 is 2.56 bits per heavy atom. The third-order valence-corrected chi connectivity index (χ3v) is 4.69. The SMILES string of the molecule is O=C(Nc1n[nH]c2cc(-c3cccc(Cl)c3)ccc12)c1c(F)cccc1Cl. The van der Waals surface area contributed by atoms with Crippen LogP contribution in [0, 0.1) is 5.82 Å². The van der Waals surface area contributed by atoms with Crippen molar-refractivity contribution in [2.24, 2.45) is 0 Å². The van der Waals surface area contributed by atoms with E-state index in [9.17, 15) is 9.18 Å². The predicted molar refractivity (Wildman–Crippen MR) is 106 cm³/mol. The van der Waals surface area contributed by atoms with Gasteiger partial charge in [-0.2, -0.15) is 5.10 Å². The molecule has 0 bridgehead atoms. The van der Waals surface area contributed by atoms with E-state index in [1.165, 1.54) is 18.2 Å². The van der Waals surface area contributed by atoms with Crippen LogP contribution in [0.1, 0.15) is 10.4 Å². The fourth-order valence-corrected chi connectivity index (χ4v) is 3.29. The van der Waals surface area contributed by atoms with Gasteiger partial charge in [-0.25, -0.2) is 4.39 Å². The summed E-state index contributed by atoms with van der Waals surface area (Å²) in [6.45, 7) is 0. The summed E-state index contributed by atoms with van der Waals surface area (Å²) in [5, 5.41) is 11.0. The molecule has 4 nitrogen and oxygen atoms in total. The van der Waals surface area contributed by atoms with E-state index in [2.05, 4.69) is 15.5 Å². The number of hydrogen-bond acceptors (Lipinski definition) is 2. The van der Waals surface area contributed by atoms with Crippen LogP contribution < -0.4 is 5.32 Å². The second-order valence-electron chi connectivity index (χ2n) is 5.89. The first-order chi connectivity index (χ1) is 13.0. The summed E-state index contributed by atoms with van der Waals surface area (Å²) in [7, 11) is 0. The van der Waals surface area contributed by atoms with Crippen molar-refractivity contribution in [3.63, 3.8) is 0 Å². The monoisotopic (exact) mass is 399 g/mol. The number of amides is 1. The largest absolute Gasteiger partial charge is 0.304 e. The van der Waals surface area contributed by atoms with Gasteiger partial charge in [0, 0.05) is 10.4 Å². The number of carbonyl (C=O) groups is 1. The van der Waals surface area contributed by atoms with Crippen molar-refractivity contribution in [1.82, 2.24) is 10.2 Å². The quantitative estimate of drug-likeness (QED) is 0.448. The van der Waals surface area contributed by atoms with Gasteiger partial charge in [-0.05, 0) is 47.5 Å². The standard InChI is InChI=1S/C20H12Cl2FN3O/c21-13-4-1-3-11(9-13)12-7-8-14-17(10-12)25-26-19(14)24-20(27)18-15(22)5-2-6-16(18)23/h1-10H,(H2,24,25,26,27). The number of anilines is 1. The maximum Gasteiger partial charge on any atom is 0.261 e. The summed E-state index contributed by atoms with van der Waals surface area (Å²) in [6.07, 6.45) is 0. The van der Waals surface area contributed by atoms with Gasteiger partial charge < -0.3 is 5.32 Å². The van der Waals surface area contributed by atoms with Crippen LogP contribution in [0.5, 0.6) is 0 Å². The minimum atomic E-state index is -0.692. The van der Waals surface area contributed by atoms with E-state index in [1.54, 1.807) is 6.07 Å². The number of nitrogens with one attached hydrogen (secondary N) is 2. The van der Waals surface area contributed by atoms with Crippen molar-refractivity contribution >= 4 is 45.8 Å². The van der Waals surface area contributed by atoms with E-state index < -0.39 is 11.7 Å². The van der Waals surface area contributed by atoms with E-state index in [1.807, 2.05) is 36.4 Å². The van der Waals surface area contributed by atoms with Gasteiger partial charge in [0.25, 0.3) is 5.91 Å². The molecule has 1 amide bonds. The van der Waals surface area contributed by atoms with Gasteiger partial charge in [0.15, 0.2) is 5.82 Å². The van der Waals surface area contributed by atoms with E-state index >= 15 is 0 Å². The van der Waals surface area contributed by atoms with Gasteiger partial charge in [0.2, 0.25) is 0 Å². The summed E-state index contributed by atoms with van der Waals surface area (Å²) in [4.78, 5) is 12.4. The van der Waals surface area contributed by atoms with Crippen molar-refractivity contribution in [3.8, 4) is 11.1 Å². The number of aromatic nitrogens is 2. The Morgan fingerprint density at radius 1 is 1.00 bits per heavy atom. The number of halogens is 3. The van der Waals surface area contributed by atoms with Crippen LogP contribution in [0.15, 0.2) is 60.7 Å². The molecule has 0 saturated heterocycles. The van der Waals surface area contributed by atoms with Crippen LogP contribution in [0.2, 0.25) is 10.0 Å². The highest BCUT2D eigenvalue weighted by Crippen LogP contribution is 2.29. The minimum Gasteiger partial charge on any atom is -0.304 e. The fraction of sp³-hybridized carbons (Fsp3) is 0. The molecule has 4 rings (SSSR count). The van der Waals surface area contributed by atoms with Gasteiger partial charge >= 0.3 is 0 Å². The molecule has 2 N–H and O–H groups in total. The molecule has 134 valence electrons. The molecule has 0 fully saturated rings. The lowest BCUT2D eigenvalue weighted by molar-refractivity contribution is 0.102. The highest BCUT2D eigenvalue weighted by molar-refractivity contribution is 6.34. The van der Waals surface area contributed by atoms with E-state index in [-0.39, 0.29) is 10.6 Å². The van der Waals surface area contributed by atoms with Crippen LogP contribution in [-0.2, 0) is 0 Å². The number of H-pyrrole nitrogens is 1. The molecule has 0 spiro atoms. The number of rotatable bonds is 3. The number of hydrogen-bond donors (Lipinski definition) is 2. The van der Waals surface area contributed by atoms with Gasteiger partial charge in [0.1, 0.15) is 5.82 Å². The van der Waals surface area contributed by atoms with E-state index in [0.717, 1.165) is 16.6 Å². The van der Waals surface area contributed by atoms with Crippen molar-refractivity contribution in [1.29, 1.82) is 0 Å². The predicted octanol–water partition coefficient (Wildman–Crippen LogP) is 5.93. The molecule has 0 aliphatic carbocycles. The lowest BCUT2D eigenvalue weighted by Crippen LogP contribution is -2.14.